The van der Waals surface area contributed by atoms with Crippen LogP contribution in [0.4, 0.5) is 4.79 Å². The maximum absolute atomic E-state index is 12.6. The van der Waals surface area contributed by atoms with Gasteiger partial charge < -0.3 is 14.5 Å². The number of ketones is 1. The first-order chi connectivity index (χ1) is 11.7. The van der Waals surface area contributed by atoms with Crippen molar-refractivity contribution in [2.45, 2.75) is 25.7 Å². The van der Waals surface area contributed by atoms with E-state index in [4.69, 9.17) is 4.74 Å². The molecule has 0 aromatic heterocycles. The second-order valence-corrected chi connectivity index (χ2v) is 6.62. The van der Waals surface area contributed by atoms with Crippen molar-refractivity contribution in [1.82, 2.24) is 9.80 Å². The van der Waals surface area contributed by atoms with E-state index in [0.717, 1.165) is 25.8 Å². The summed E-state index contributed by atoms with van der Waals surface area (Å²) in [6.07, 6.45) is 3.17. The van der Waals surface area contributed by atoms with Gasteiger partial charge in [0, 0.05) is 38.5 Å². The van der Waals surface area contributed by atoms with E-state index in [0.29, 0.717) is 45.1 Å². The fourth-order valence-corrected chi connectivity index (χ4v) is 3.48. The van der Waals surface area contributed by atoms with E-state index in [1.165, 1.54) is 5.56 Å². The molecule has 5 nitrogen and oxygen atoms in total. The summed E-state index contributed by atoms with van der Waals surface area (Å²) in [6.45, 7) is 3.87. The number of benzene rings is 1. The van der Waals surface area contributed by atoms with Gasteiger partial charge in [-0.2, -0.15) is 0 Å². The van der Waals surface area contributed by atoms with Crippen molar-refractivity contribution in [1.29, 1.82) is 0 Å². The number of hydrogen-bond acceptors (Lipinski definition) is 3. The SMILES string of the molecule is O=C(CCc1ccccc1)C1CCCN(C(=O)N2CCOCC2)C1. The van der Waals surface area contributed by atoms with Gasteiger partial charge in [-0.25, -0.2) is 4.79 Å². The largest absolute Gasteiger partial charge is 0.378 e. The van der Waals surface area contributed by atoms with Crippen LogP contribution in [-0.2, 0) is 16.0 Å². The molecule has 0 saturated carbocycles. The lowest BCUT2D eigenvalue weighted by molar-refractivity contribution is -0.124. The minimum Gasteiger partial charge on any atom is -0.378 e. The Morgan fingerprint density at radius 2 is 1.79 bits per heavy atom. The van der Waals surface area contributed by atoms with E-state index >= 15 is 0 Å². The van der Waals surface area contributed by atoms with Gasteiger partial charge in [-0.05, 0) is 24.8 Å². The molecular weight excluding hydrogens is 304 g/mol. The average molecular weight is 330 g/mol. The fourth-order valence-electron chi connectivity index (χ4n) is 3.48. The van der Waals surface area contributed by atoms with E-state index in [1.54, 1.807) is 0 Å². The Morgan fingerprint density at radius 1 is 1.04 bits per heavy atom. The van der Waals surface area contributed by atoms with E-state index < -0.39 is 0 Å². The summed E-state index contributed by atoms with van der Waals surface area (Å²) in [6, 6.07) is 10.2. The van der Waals surface area contributed by atoms with E-state index in [9.17, 15) is 9.59 Å². The number of likely N-dealkylation sites (tertiary alicyclic amines) is 1. The highest BCUT2D eigenvalue weighted by Crippen LogP contribution is 2.21. The molecule has 1 aromatic carbocycles. The van der Waals surface area contributed by atoms with Crippen LogP contribution in [0.25, 0.3) is 0 Å². The summed E-state index contributed by atoms with van der Waals surface area (Å²) in [4.78, 5) is 28.8. The van der Waals surface area contributed by atoms with Gasteiger partial charge in [-0.3, -0.25) is 4.79 Å². The van der Waals surface area contributed by atoms with Crippen LogP contribution < -0.4 is 0 Å². The summed E-state index contributed by atoms with van der Waals surface area (Å²) in [5.41, 5.74) is 1.20. The molecule has 2 fully saturated rings. The molecule has 2 amide bonds. The third kappa shape index (κ3) is 4.35. The van der Waals surface area contributed by atoms with Crippen LogP contribution in [0.3, 0.4) is 0 Å². The zero-order valence-corrected chi connectivity index (χ0v) is 14.2. The van der Waals surface area contributed by atoms with Crippen LogP contribution in [0.5, 0.6) is 0 Å². The number of ether oxygens (including phenoxy) is 1. The molecule has 2 heterocycles. The highest BCUT2D eigenvalue weighted by atomic mass is 16.5. The van der Waals surface area contributed by atoms with Crippen LogP contribution in [-0.4, -0.2) is 61.0 Å². The maximum atomic E-state index is 12.6. The normalized spacial score (nSPS) is 21.6. The molecule has 1 unspecified atom stereocenters. The number of carbonyl (C=O) groups excluding carboxylic acids is 2. The van der Waals surface area contributed by atoms with Gasteiger partial charge in [-0.1, -0.05) is 30.3 Å². The van der Waals surface area contributed by atoms with Gasteiger partial charge in [0.15, 0.2) is 0 Å². The molecule has 0 N–H and O–H groups in total. The van der Waals surface area contributed by atoms with Crippen molar-refractivity contribution in [2.24, 2.45) is 5.92 Å². The molecule has 2 aliphatic rings. The first kappa shape index (κ1) is 17.0. The van der Waals surface area contributed by atoms with E-state index in [1.807, 2.05) is 28.0 Å². The standard InChI is InChI=1S/C19H26N2O3/c22-18(9-8-16-5-2-1-3-6-16)17-7-4-10-21(15-17)19(23)20-11-13-24-14-12-20/h1-3,5-6,17H,4,7-15H2. The summed E-state index contributed by atoms with van der Waals surface area (Å²) >= 11 is 0. The van der Waals surface area contributed by atoms with Crippen LogP contribution >= 0.6 is 0 Å². The number of aryl methyl sites for hydroxylation is 1. The van der Waals surface area contributed by atoms with Gasteiger partial charge >= 0.3 is 6.03 Å². The van der Waals surface area contributed by atoms with Crippen molar-refractivity contribution < 1.29 is 14.3 Å². The van der Waals surface area contributed by atoms with Crippen LogP contribution in [0, 0.1) is 5.92 Å². The number of piperidine rings is 1. The summed E-state index contributed by atoms with van der Waals surface area (Å²) < 4.78 is 5.30. The average Bonchev–Trinajstić information content (AvgIpc) is 2.67. The number of morpholine rings is 1. The summed E-state index contributed by atoms with van der Waals surface area (Å²) in [5.74, 6) is 0.283. The Labute approximate surface area is 143 Å². The summed E-state index contributed by atoms with van der Waals surface area (Å²) in [7, 11) is 0. The molecule has 0 spiro atoms. The molecule has 0 aliphatic carbocycles. The van der Waals surface area contributed by atoms with Crippen LogP contribution in [0.15, 0.2) is 30.3 Å². The number of urea groups is 1. The van der Waals surface area contributed by atoms with Crippen molar-refractivity contribution in [3.05, 3.63) is 35.9 Å². The highest BCUT2D eigenvalue weighted by Gasteiger charge is 2.30. The van der Waals surface area contributed by atoms with Gasteiger partial charge in [0.1, 0.15) is 5.78 Å². The van der Waals surface area contributed by atoms with Gasteiger partial charge in [0.25, 0.3) is 0 Å². The fraction of sp³-hybridized carbons (Fsp3) is 0.579. The second-order valence-electron chi connectivity index (χ2n) is 6.62. The molecule has 0 bridgehead atoms. The lowest BCUT2D eigenvalue weighted by Crippen LogP contribution is -2.51. The Bertz CT molecular complexity index is 555. The lowest BCUT2D eigenvalue weighted by Gasteiger charge is -2.37. The highest BCUT2D eigenvalue weighted by molar-refractivity contribution is 5.83. The first-order valence-electron chi connectivity index (χ1n) is 8.92. The van der Waals surface area contributed by atoms with Crippen molar-refractivity contribution in [3.63, 3.8) is 0 Å². The number of carbonyl (C=O) groups is 2. The molecule has 1 atom stereocenters. The topological polar surface area (TPSA) is 49.9 Å². The Balaban J connectivity index is 1.50. The van der Waals surface area contributed by atoms with Crippen LogP contribution in [0.2, 0.25) is 0 Å². The molecular formula is C19H26N2O3. The minimum atomic E-state index is -0.00699. The van der Waals surface area contributed by atoms with Crippen LogP contribution in [0.1, 0.15) is 24.8 Å². The number of amides is 2. The smallest absolute Gasteiger partial charge is 0.320 e. The molecule has 24 heavy (non-hydrogen) atoms. The molecule has 130 valence electrons. The predicted octanol–water partition coefficient (Wildman–Crippen LogP) is 2.35. The number of Topliss-reactive ketones (excluding diaryl/α,β-unsaturated/α-hetero) is 1. The lowest BCUT2D eigenvalue weighted by atomic mass is 9.90. The molecule has 1 aromatic rings. The second kappa shape index (κ2) is 8.29. The third-order valence-electron chi connectivity index (χ3n) is 4.93. The minimum absolute atomic E-state index is 0.00699. The molecule has 0 radical (unpaired) electrons. The zero-order valence-electron chi connectivity index (χ0n) is 14.2. The van der Waals surface area contributed by atoms with Gasteiger partial charge in [0.05, 0.1) is 13.2 Å². The van der Waals surface area contributed by atoms with Gasteiger partial charge in [-0.15, -0.1) is 0 Å². The quantitative estimate of drug-likeness (QED) is 0.851. The van der Waals surface area contributed by atoms with E-state index in [-0.39, 0.29) is 11.9 Å². The van der Waals surface area contributed by atoms with Gasteiger partial charge in [0.2, 0.25) is 0 Å². The summed E-state index contributed by atoms with van der Waals surface area (Å²) in [5, 5.41) is 0. The first-order valence-corrected chi connectivity index (χ1v) is 8.92. The number of hydrogen-bond donors (Lipinski definition) is 0. The molecule has 2 aliphatic heterocycles. The molecule has 3 rings (SSSR count). The zero-order chi connectivity index (χ0) is 16.8. The number of rotatable bonds is 4. The Kier molecular flexibility index (Phi) is 5.86. The van der Waals surface area contributed by atoms with E-state index in [2.05, 4.69) is 12.1 Å². The van der Waals surface area contributed by atoms with Crippen molar-refractivity contribution in [3.8, 4) is 0 Å². The Hall–Kier alpha value is -1.88. The molecule has 2 saturated heterocycles. The predicted molar refractivity (Wildman–Crippen MR) is 91.9 cm³/mol. The molecule has 5 heteroatoms. The number of nitrogens with zero attached hydrogens (tertiary/aromatic N) is 2. The third-order valence-corrected chi connectivity index (χ3v) is 4.93. The maximum Gasteiger partial charge on any atom is 0.320 e. The Morgan fingerprint density at radius 3 is 2.54 bits per heavy atom. The van der Waals surface area contributed by atoms with Crippen molar-refractivity contribution in [2.75, 3.05) is 39.4 Å². The van der Waals surface area contributed by atoms with Crippen molar-refractivity contribution >= 4 is 11.8 Å². The monoisotopic (exact) mass is 330 g/mol.